The van der Waals surface area contributed by atoms with Crippen molar-refractivity contribution in [3.8, 4) is 0 Å². The summed E-state index contributed by atoms with van der Waals surface area (Å²) >= 11 is 0. The molecule has 0 atom stereocenters. The normalized spacial score (nSPS) is 14.6. The minimum atomic E-state index is -5.53. The van der Waals surface area contributed by atoms with Crippen molar-refractivity contribution in [2.45, 2.75) is 58.3 Å². The maximum absolute atomic E-state index is 14.8. The summed E-state index contributed by atoms with van der Waals surface area (Å²) in [7, 11) is -5.53. The van der Waals surface area contributed by atoms with Crippen molar-refractivity contribution in [2.24, 2.45) is 10.8 Å². The number of halogens is 8. The molecule has 0 saturated heterocycles. The van der Waals surface area contributed by atoms with E-state index in [0.717, 1.165) is 6.08 Å². The van der Waals surface area contributed by atoms with Crippen LogP contribution in [0.4, 0.5) is 34.7 Å². The first-order chi connectivity index (χ1) is 14.1. The second-order valence-corrected chi connectivity index (χ2v) is 11.5. The number of hydrogen-bond donors (Lipinski definition) is 0. The summed E-state index contributed by atoms with van der Waals surface area (Å²) in [4.78, 5) is 22.1. The zero-order valence-corrected chi connectivity index (χ0v) is 19.4. The Morgan fingerprint density at radius 1 is 0.875 bits per heavy atom. The van der Waals surface area contributed by atoms with Crippen LogP contribution in [0.15, 0.2) is 25.3 Å². The Bertz CT molecular complexity index is 718. The molecule has 0 N–H and O–H groups in total. The number of carbonyl (C=O) groups is 2. The molecular weight excluding hydrogens is 471 g/mol. The molecule has 0 aromatic rings. The van der Waals surface area contributed by atoms with Crippen LogP contribution in [0.1, 0.15) is 40.5 Å². The van der Waals surface area contributed by atoms with Crippen LogP contribution in [-0.4, -0.2) is 48.5 Å². The first-order valence-electron chi connectivity index (χ1n) is 9.53. The van der Waals surface area contributed by atoms with Crippen molar-refractivity contribution in [1.82, 2.24) is 0 Å². The number of allylic oxidation sites excluding steroid dienone is 1. The monoisotopic (exact) mass is 500 g/mol. The van der Waals surface area contributed by atoms with E-state index in [1.165, 1.54) is 0 Å². The van der Waals surface area contributed by atoms with Gasteiger partial charge in [-0.15, -0.1) is 0 Å². The van der Waals surface area contributed by atoms with E-state index in [0.29, 0.717) is 33.8 Å². The molecule has 3 nitrogen and oxygen atoms in total. The first kappa shape index (κ1) is 30.5. The molecule has 0 rings (SSSR count). The molecule has 0 aromatic carbocycles. The number of ketones is 1. The SMILES string of the molecule is C=CC(=O)CC[PH](F)(F)CC(C)(C)C(F)(F)C(F)(F)CC(C)(C)C(F)(F)COC(=O)C=C. The number of alkyl halides is 6. The van der Waals surface area contributed by atoms with Crippen molar-refractivity contribution < 1.29 is 49.1 Å². The number of esters is 1. The van der Waals surface area contributed by atoms with Crippen LogP contribution in [0.25, 0.3) is 0 Å². The fraction of sp³-hybridized carbons (Fsp3) is 0.700. The minimum absolute atomic E-state index is 0.508. The van der Waals surface area contributed by atoms with Crippen molar-refractivity contribution in [3.63, 3.8) is 0 Å². The molecule has 0 unspecified atom stereocenters. The van der Waals surface area contributed by atoms with Crippen LogP contribution >= 0.6 is 7.88 Å². The Hall–Kier alpha value is -1.51. The third-order valence-corrected chi connectivity index (χ3v) is 7.57. The van der Waals surface area contributed by atoms with E-state index < -0.39 is 80.0 Å². The molecule has 32 heavy (non-hydrogen) atoms. The predicted molar refractivity (Wildman–Crippen MR) is 108 cm³/mol. The van der Waals surface area contributed by atoms with Gasteiger partial charge in [0.1, 0.15) is 0 Å². The molecule has 0 bridgehead atoms. The van der Waals surface area contributed by atoms with Gasteiger partial charge in [-0.25, -0.2) is 0 Å². The topological polar surface area (TPSA) is 43.4 Å². The summed E-state index contributed by atoms with van der Waals surface area (Å²) in [5.41, 5.74) is -5.77. The molecule has 0 heterocycles. The molecule has 0 aliphatic rings. The van der Waals surface area contributed by atoms with Crippen LogP contribution < -0.4 is 0 Å². The Kier molecular flexibility index (Phi) is 9.70. The third kappa shape index (κ3) is 7.52. The van der Waals surface area contributed by atoms with Gasteiger partial charge in [0.25, 0.3) is 0 Å². The van der Waals surface area contributed by atoms with Crippen molar-refractivity contribution in [1.29, 1.82) is 0 Å². The van der Waals surface area contributed by atoms with Gasteiger partial charge in [0.15, 0.2) is 0 Å². The molecule has 0 fully saturated rings. The summed E-state index contributed by atoms with van der Waals surface area (Å²) < 4.78 is 120. The van der Waals surface area contributed by atoms with E-state index in [-0.39, 0.29) is 0 Å². The van der Waals surface area contributed by atoms with Gasteiger partial charge in [0.2, 0.25) is 0 Å². The second-order valence-electron chi connectivity index (χ2n) is 8.94. The van der Waals surface area contributed by atoms with Crippen LogP contribution in [-0.2, 0) is 14.3 Å². The summed E-state index contributed by atoms with van der Waals surface area (Å²) in [6.45, 7) is 6.60. The van der Waals surface area contributed by atoms with Crippen LogP contribution in [0, 0.1) is 10.8 Å². The Morgan fingerprint density at radius 3 is 1.81 bits per heavy atom. The molecular formula is C20H29F8O3P. The Labute approximate surface area is 182 Å². The zero-order valence-electron chi connectivity index (χ0n) is 18.4. The molecule has 0 aliphatic carbocycles. The van der Waals surface area contributed by atoms with E-state index in [1.54, 1.807) is 0 Å². The zero-order chi connectivity index (χ0) is 25.8. The molecule has 0 aliphatic heterocycles. The maximum atomic E-state index is 14.8. The van der Waals surface area contributed by atoms with Gasteiger partial charge in [0, 0.05) is 0 Å². The van der Waals surface area contributed by atoms with E-state index in [9.17, 15) is 44.3 Å². The fourth-order valence-electron chi connectivity index (χ4n) is 2.96. The Balaban J connectivity index is 5.67. The number of ether oxygens (including phenoxy) is 1. The number of carbonyl (C=O) groups excluding carboxylic acids is 2. The van der Waals surface area contributed by atoms with E-state index in [4.69, 9.17) is 0 Å². The second kappa shape index (κ2) is 10.2. The standard InChI is InChI=1S/C20H29F8O3P/c1-7-14(29)9-10-32(27,28)13-17(5,6)20(25,26)18(21,22)11-16(3,4)19(23,24)12-31-15(30)8-2/h7-8,32H,1-2,9-13H2,3-6H3. The molecule has 0 saturated carbocycles. The van der Waals surface area contributed by atoms with Crippen molar-refractivity contribution in [2.75, 3.05) is 18.9 Å². The van der Waals surface area contributed by atoms with Gasteiger partial charge < -0.3 is 0 Å². The van der Waals surface area contributed by atoms with Gasteiger partial charge in [-0.1, -0.05) is 0 Å². The molecule has 0 radical (unpaired) electrons. The van der Waals surface area contributed by atoms with E-state index in [1.807, 2.05) is 0 Å². The quantitative estimate of drug-likeness (QED) is 0.115. The van der Waals surface area contributed by atoms with Crippen LogP contribution in [0.3, 0.4) is 0 Å². The number of hydrogen-bond acceptors (Lipinski definition) is 3. The van der Waals surface area contributed by atoms with Gasteiger partial charge in [0.05, 0.1) is 0 Å². The average Bonchev–Trinajstić information content (AvgIpc) is 2.62. The predicted octanol–water partition coefficient (Wildman–Crippen LogP) is 6.73. The van der Waals surface area contributed by atoms with Crippen LogP contribution in [0.2, 0.25) is 0 Å². The fourth-order valence-corrected chi connectivity index (χ4v) is 5.26. The molecule has 0 aromatic heterocycles. The summed E-state index contributed by atoms with van der Waals surface area (Å²) in [5, 5.41) is 0. The molecule has 0 amide bonds. The summed E-state index contributed by atoms with van der Waals surface area (Å²) in [6.07, 6.45) is -4.00. The molecule has 188 valence electrons. The van der Waals surface area contributed by atoms with Gasteiger partial charge in [-0.3, -0.25) is 0 Å². The van der Waals surface area contributed by atoms with E-state index >= 15 is 0 Å². The van der Waals surface area contributed by atoms with Crippen molar-refractivity contribution in [3.05, 3.63) is 25.3 Å². The Morgan fingerprint density at radius 2 is 1.38 bits per heavy atom. The van der Waals surface area contributed by atoms with Gasteiger partial charge >= 0.3 is 182 Å². The summed E-state index contributed by atoms with van der Waals surface area (Å²) in [6, 6.07) is 0. The van der Waals surface area contributed by atoms with Crippen molar-refractivity contribution >= 4 is 19.6 Å². The average molecular weight is 500 g/mol. The first-order valence-corrected chi connectivity index (χ1v) is 11.7. The van der Waals surface area contributed by atoms with Crippen LogP contribution in [0.5, 0.6) is 0 Å². The van der Waals surface area contributed by atoms with Gasteiger partial charge in [-0.2, -0.15) is 0 Å². The third-order valence-electron chi connectivity index (χ3n) is 5.19. The van der Waals surface area contributed by atoms with Gasteiger partial charge in [-0.05, 0) is 0 Å². The van der Waals surface area contributed by atoms with E-state index in [2.05, 4.69) is 17.9 Å². The number of rotatable bonds is 14. The molecule has 0 spiro atoms. The summed E-state index contributed by atoms with van der Waals surface area (Å²) in [5.74, 6) is -16.3. The molecule has 12 heteroatoms.